The van der Waals surface area contributed by atoms with Gasteiger partial charge in [0.2, 0.25) is 0 Å². The van der Waals surface area contributed by atoms with Crippen molar-refractivity contribution in [3.8, 4) is 16.9 Å². The maximum Gasteiger partial charge on any atom is 0.257 e. The van der Waals surface area contributed by atoms with Gasteiger partial charge in [0.1, 0.15) is 18.2 Å². The molecule has 0 spiro atoms. The Kier molecular flexibility index (Phi) is 6.01. The van der Waals surface area contributed by atoms with Crippen molar-refractivity contribution < 1.29 is 22.3 Å². The second-order valence-corrected chi connectivity index (χ2v) is 10.6. The fourth-order valence-electron chi connectivity index (χ4n) is 4.07. The average molecular weight is 468 g/mol. The molecule has 0 aromatic heterocycles. The van der Waals surface area contributed by atoms with Crippen molar-refractivity contribution in [3.05, 3.63) is 82.2 Å². The van der Waals surface area contributed by atoms with Crippen LogP contribution in [0.5, 0.6) is 5.75 Å². The number of benzene rings is 3. The van der Waals surface area contributed by atoms with Gasteiger partial charge in [0.25, 0.3) is 5.91 Å². The van der Waals surface area contributed by atoms with Gasteiger partial charge in [-0.1, -0.05) is 24.3 Å². The summed E-state index contributed by atoms with van der Waals surface area (Å²) in [6, 6.07) is 14.4. The standard InChI is InChI=1S/C26H26FNO4S/c1-16-5-6-19(11-17(16)2)20-7-8-24-21(13-20)15-28(9-10-32-24)26(29)22-12-18(3)25(14-23(22)27)33(4,30)31/h5-8,11-14H,9-10,15H2,1-4H3. The van der Waals surface area contributed by atoms with Gasteiger partial charge in [0.05, 0.1) is 17.0 Å². The molecule has 1 amide bonds. The first-order valence-electron chi connectivity index (χ1n) is 10.7. The number of fused-ring (bicyclic) bond motifs is 1. The molecule has 0 saturated carbocycles. The largest absolute Gasteiger partial charge is 0.491 e. The van der Waals surface area contributed by atoms with Gasteiger partial charge in [-0.25, -0.2) is 12.8 Å². The third-order valence-electron chi connectivity index (χ3n) is 6.06. The smallest absolute Gasteiger partial charge is 0.257 e. The lowest BCUT2D eigenvalue weighted by Crippen LogP contribution is -2.33. The molecule has 0 aliphatic carbocycles. The van der Waals surface area contributed by atoms with Crippen molar-refractivity contribution in [2.75, 3.05) is 19.4 Å². The maximum absolute atomic E-state index is 14.8. The molecule has 0 bridgehead atoms. The fraction of sp³-hybridized carbons (Fsp3) is 0.269. The zero-order valence-electron chi connectivity index (χ0n) is 19.1. The minimum absolute atomic E-state index is 0.112. The summed E-state index contributed by atoms with van der Waals surface area (Å²) in [7, 11) is -3.59. The number of sulfone groups is 1. The highest BCUT2D eigenvalue weighted by atomic mass is 32.2. The van der Waals surface area contributed by atoms with E-state index in [1.807, 2.05) is 18.2 Å². The van der Waals surface area contributed by atoms with E-state index in [2.05, 4.69) is 32.0 Å². The molecule has 5 nitrogen and oxygen atoms in total. The Morgan fingerprint density at radius 2 is 1.64 bits per heavy atom. The third kappa shape index (κ3) is 4.64. The minimum atomic E-state index is -3.59. The number of aryl methyl sites for hydroxylation is 3. The second-order valence-electron chi connectivity index (χ2n) is 8.57. The number of carbonyl (C=O) groups excluding carboxylic acids is 1. The van der Waals surface area contributed by atoms with E-state index in [0.29, 0.717) is 17.9 Å². The van der Waals surface area contributed by atoms with E-state index in [1.54, 1.807) is 6.92 Å². The van der Waals surface area contributed by atoms with Crippen LogP contribution in [0.1, 0.15) is 32.6 Å². The van der Waals surface area contributed by atoms with Crippen LogP contribution >= 0.6 is 0 Å². The molecule has 1 aliphatic heterocycles. The van der Waals surface area contributed by atoms with Crippen LogP contribution in [0.4, 0.5) is 4.39 Å². The van der Waals surface area contributed by atoms with Crippen molar-refractivity contribution in [2.45, 2.75) is 32.2 Å². The lowest BCUT2D eigenvalue weighted by Gasteiger charge is -2.21. The topological polar surface area (TPSA) is 63.7 Å². The summed E-state index contributed by atoms with van der Waals surface area (Å²) in [5, 5.41) is 0. The van der Waals surface area contributed by atoms with Crippen molar-refractivity contribution >= 4 is 15.7 Å². The summed E-state index contributed by atoms with van der Waals surface area (Å²) in [5.74, 6) is -0.647. The number of ether oxygens (including phenoxy) is 1. The Hall–Kier alpha value is -3.19. The molecular weight excluding hydrogens is 441 g/mol. The van der Waals surface area contributed by atoms with E-state index in [4.69, 9.17) is 4.74 Å². The van der Waals surface area contributed by atoms with Crippen molar-refractivity contribution in [1.82, 2.24) is 4.90 Å². The highest BCUT2D eigenvalue weighted by molar-refractivity contribution is 7.90. The van der Waals surface area contributed by atoms with Crippen molar-refractivity contribution in [2.24, 2.45) is 0 Å². The molecule has 33 heavy (non-hydrogen) atoms. The van der Waals surface area contributed by atoms with E-state index in [1.165, 1.54) is 22.1 Å². The zero-order chi connectivity index (χ0) is 23.9. The summed E-state index contributed by atoms with van der Waals surface area (Å²) in [4.78, 5) is 14.6. The summed E-state index contributed by atoms with van der Waals surface area (Å²) < 4.78 is 44.4. The maximum atomic E-state index is 14.8. The van der Waals surface area contributed by atoms with Crippen LogP contribution in [0, 0.1) is 26.6 Å². The van der Waals surface area contributed by atoms with Gasteiger partial charge in [-0.2, -0.15) is 0 Å². The molecule has 3 aromatic rings. The van der Waals surface area contributed by atoms with Crippen LogP contribution in [0.2, 0.25) is 0 Å². The number of nitrogens with zero attached hydrogens (tertiary/aromatic N) is 1. The normalized spacial score (nSPS) is 13.8. The first-order valence-corrected chi connectivity index (χ1v) is 12.6. The molecule has 172 valence electrons. The molecule has 0 fully saturated rings. The van der Waals surface area contributed by atoms with E-state index in [9.17, 15) is 17.6 Å². The van der Waals surface area contributed by atoms with Gasteiger partial charge in [-0.05, 0) is 72.9 Å². The molecule has 0 saturated heterocycles. The van der Waals surface area contributed by atoms with Gasteiger partial charge >= 0.3 is 0 Å². The van der Waals surface area contributed by atoms with Crippen LogP contribution in [0.3, 0.4) is 0 Å². The van der Waals surface area contributed by atoms with Crippen LogP contribution < -0.4 is 4.74 Å². The highest BCUT2D eigenvalue weighted by Crippen LogP contribution is 2.31. The Morgan fingerprint density at radius 3 is 2.33 bits per heavy atom. The quantitative estimate of drug-likeness (QED) is 0.552. The predicted octanol–water partition coefficient (Wildman–Crippen LogP) is 4.86. The molecule has 0 radical (unpaired) electrons. The first kappa shape index (κ1) is 23.0. The van der Waals surface area contributed by atoms with Crippen molar-refractivity contribution in [1.29, 1.82) is 0 Å². The molecule has 4 rings (SSSR count). The van der Waals surface area contributed by atoms with Gasteiger partial charge in [0, 0.05) is 18.4 Å². The van der Waals surface area contributed by atoms with E-state index >= 15 is 0 Å². The van der Waals surface area contributed by atoms with Crippen LogP contribution in [-0.4, -0.2) is 38.6 Å². The van der Waals surface area contributed by atoms with Crippen molar-refractivity contribution in [3.63, 3.8) is 0 Å². The van der Waals surface area contributed by atoms with Crippen LogP contribution in [0.15, 0.2) is 53.4 Å². The number of hydrogen-bond donors (Lipinski definition) is 0. The van der Waals surface area contributed by atoms with E-state index in [0.717, 1.165) is 29.0 Å². The van der Waals surface area contributed by atoms with Gasteiger partial charge in [0.15, 0.2) is 9.84 Å². The molecule has 0 unspecified atom stereocenters. The molecule has 7 heteroatoms. The average Bonchev–Trinajstić information content (AvgIpc) is 2.97. The number of hydrogen-bond acceptors (Lipinski definition) is 4. The molecule has 0 atom stereocenters. The van der Waals surface area contributed by atoms with Gasteiger partial charge in [-0.3, -0.25) is 4.79 Å². The lowest BCUT2D eigenvalue weighted by atomic mass is 9.98. The number of halogens is 1. The van der Waals surface area contributed by atoms with E-state index < -0.39 is 21.6 Å². The Morgan fingerprint density at radius 1 is 0.939 bits per heavy atom. The molecule has 1 aliphatic rings. The SMILES string of the molecule is Cc1ccc(-c2ccc3c(c2)CN(C(=O)c2cc(C)c(S(C)(=O)=O)cc2F)CCO3)cc1C. The Labute approximate surface area is 193 Å². The summed E-state index contributed by atoms with van der Waals surface area (Å²) in [5.41, 5.74) is 5.52. The van der Waals surface area contributed by atoms with E-state index in [-0.39, 0.29) is 23.6 Å². The highest BCUT2D eigenvalue weighted by Gasteiger charge is 2.25. The fourth-order valence-corrected chi connectivity index (χ4v) is 5.03. The summed E-state index contributed by atoms with van der Waals surface area (Å²) in [6.45, 7) is 6.53. The minimum Gasteiger partial charge on any atom is -0.491 e. The van der Waals surface area contributed by atoms with Gasteiger partial charge < -0.3 is 9.64 Å². The molecule has 0 N–H and O–H groups in total. The summed E-state index contributed by atoms with van der Waals surface area (Å²) in [6.07, 6.45) is 1.02. The lowest BCUT2D eigenvalue weighted by molar-refractivity contribution is 0.0728. The zero-order valence-corrected chi connectivity index (χ0v) is 19.9. The molecule has 3 aromatic carbocycles. The van der Waals surface area contributed by atoms with Crippen LogP contribution in [-0.2, 0) is 16.4 Å². The third-order valence-corrected chi connectivity index (χ3v) is 7.30. The Bertz CT molecular complexity index is 1360. The second kappa shape index (κ2) is 8.63. The number of amides is 1. The Balaban J connectivity index is 1.67. The predicted molar refractivity (Wildman–Crippen MR) is 126 cm³/mol. The monoisotopic (exact) mass is 467 g/mol. The summed E-state index contributed by atoms with van der Waals surface area (Å²) >= 11 is 0. The molecular formula is C26H26FNO4S. The first-order chi connectivity index (χ1) is 15.5. The molecule has 1 heterocycles. The number of carbonyl (C=O) groups is 1. The number of rotatable bonds is 3. The van der Waals surface area contributed by atoms with Gasteiger partial charge in [-0.15, -0.1) is 0 Å². The van der Waals surface area contributed by atoms with Crippen LogP contribution in [0.25, 0.3) is 11.1 Å².